The summed E-state index contributed by atoms with van der Waals surface area (Å²) < 4.78 is 29.1. The third-order valence-corrected chi connectivity index (χ3v) is 2.11. The second-order valence-corrected chi connectivity index (χ2v) is 3.73. The van der Waals surface area contributed by atoms with E-state index in [9.17, 15) is 8.78 Å². The van der Waals surface area contributed by atoms with E-state index in [-0.39, 0.29) is 10.7 Å². The number of pyridine rings is 1. The standard InChI is InChI=1S/C10H12F2N2OS/c1-5-3-7(15-4-8(11)12)9(10(13)16)6(2)14-5/h3,8H,4H2,1-2H3,(H2,13,16). The molecule has 0 aliphatic carbocycles. The molecule has 1 aromatic rings. The lowest BCUT2D eigenvalue weighted by Crippen LogP contribution is -2.17. The molecule has 0 saturated carbocycles. The predicted molar refractivity (Wildman–Crippen MR) is 61.1 cm³/mol. The summed E-state index contributed by atoms with van der Waals surface area (Å²) in [7, 11) is 0. The molecular weight excluding hydrogens is 234 g/mol. The molecule has 0 fully saturated rings. The van der Waals surface area contributed by atoms with Crippen molar-refractivity contribution in [3.05, 3.63) is 23.0 Å². The first-order valence-corrected chi connectivity index (χ1v) is 5.01. The Morgan fingerprint density at radius 1 is 1.56 bits per heavy atom. The Kier molecular flexibility index (Phi) is 4.12. The van der Waals surface area contributed by atoms with E-state index in [1.54, 1.807) is 19.9 Å². The summed E-state index contributed by atoms with van der Waals surface area (Å²) in [6, 6.07) is 1.55. The quantitative estimate of drug-likeness (QED) is 0.825. The maximum atomic E-state index is 12.0. The zero-order valence-corrected chi connectivity index (χ0v) is 9.78. The maximum Gasteiger partial charge on any atom is 0.272 e. The number of ether oxygens (including phenoxy) is 1. The van der Waals surface area contributed by atoms with Crippen LogP contribution in [0.4, 0.5) is 8.78 Å². The van der Waals surface area contributed by atoms with Crippen LogP contribution in [0.5, 0.6) is 5.75 Å². The number of thiocarbonyl (C=S) groups is 1. The van der Waals surface area contributed by atoms with Crippen molar-refractivity contribution in [1.82, 2.24) is 4.98 Å². The van der Waals surface area contributed by atoms with Crippen LogP contribution in [0.25, 0.3) is 0 Å². The molecule has 0 unspecified atom stereocenters. The first kappa shape index (κ1) is 12.8. The molecule has 6 heteroatoms. The number of nitrogens with two attached hydrogens (primary N) is 1. The number of hydrogen-bond donors (Lipinski definition) is 1. The minimum atomic E-state index is -2.53. The van der Waals surface area contributed by atoms with Crippen molar-refractivity contribution >= 4 is 17.2 Å². The molecule has 0 amide bonds. The smallest absolute Gasteiger partial charge is 0.272 e. The van der Waals surface area contributed by atoms with Crippen LogP contribution in [0.2, 0.25) is 0 Å². The lowest BCUT2D eigenvalue weighted by molar-refractivity contribution is 0.0817. The molecule has 2 N–H and O–H groups in total. The lowest BCUT2D eigenvalue weighted by atomic mass is 10.1. The number of aromatic nitrogens is 1. The van der Waals surface area contributed by atoms with Crippen LogP contribution in [-0.2, 0) is 0 Å². The van der Waals surface area contributed by atoms with Crippen molar-refractivity contribution in [1.29, 1.82) is 0 Å². The van der Waals surface area contributed by atoms with Crippen molar-refractivity contribution in [2.24, 2.45) is 5.73 Å². The fourth-order valence-corrected chi connectivity index (χ4v) is 1.61. The van der Waals surface area contributed by atoms with Crippen molar-refractivity contribution in [3.8, 4) is 5.75 Å². The van der Waals surface area contributed by atoms with E-state index < -0.39 is 13.0 Å². The van der Waals surface area contributed by atoms with E-state index in [4.69, 9.17) is 22.7 Å². The molecule has 0 bridgehead atoms. The Morgan fingerprint density at radius 3 is 2.69 bits per heavy atom. The van der Waals surface area contributed by atoms with Gasteiger partial charge in [-0.25, -0.2) is 8.78 Å². The van der Waals surface area contributed by atoms with Crippen LogP contribution in [0.15, 0.2) is 6.07 Å². The average molecular weight is 246 g/mol. The molecule has 1 rings (SSSR count). The van der Waals surface area contributed by atoms with Gasteiger partial charge < -0.3 is 10.5 Å². The monoisotopic (exact) mass is 246 g/mol. The molecule has 0 atom stereocenters. The van der Waals surface area contributed by atoms with Gasteiger partial charge in [0.05, 0.1) is 11.3 Å². The highest BCUT2D eigenvalue weighted by Gasteiger charge is 2.14. The zero-order chi connectivity index (χ0) is 12.3. The number of alkyl halides is 2. The molecule has 1 heterocycles. The number of hydrogen-bond acceptors (Lipinski definition) is 3. The number of rotatable bonds is 4. The van der Waals surface area contributed by atoms with Gasteiger partial charge >= 0.3 is 0 Å². The highest BCUT2D eigenvalue weighted by molar-refractivity contribution is 7.80. The summed E-state index contributed by atoms with van der Waals surface area (Å²) in [5.74, 6) is 0.262. The molecule has 3 nitrogen and oxygen atoms in total. The van der Waals surface area contributed by atoms with Gasteiger partial charge in [0.25, 0.3) is 6.43 Å². The van der Waals surface area contributed by atoms with Crippen LogP contribution in [-0.4, -0.2) is 23.0 Å². The van der Waals surface area contributed by atoms with Crippen molar-refractivity contribution in [3.63, 3.8) is 0 Å². The fraction of sp³-hybridized carbons (Fsp3) is 0.400. The fourth-order valence-electron chi connectivity index (χ4n) is 1.36. The summed E-state index contributed by atoms with van der Waals surface area (Å²) in [5, 5.41) is 0. The van der Waals surface area contributed by atoms with E-state index in [1.165, 1.54) is 0 Å². The van der Waals surface area contributed by atoms with Gasteiger partial charge in [-0.1, -0.05) is 12.2 Å². The van der Waals surface area contributed by atoms with Crippen LogP contribution in [0.3, 0.4) is 0 Å². The average Bonchev–Trinajstić information content (AvgIpc) is 2.12. The van der Waals surface area contributed by atoms with Gasteiger partial charge in [0.15, 0.2) is 0 Å². The van der Waals surface area contributed by atoms with Crippen LogP contribution < -0.4 is 10.5 Å². The van der Waals surface area contributed by atoms with Crippen LogP contribution in [0, 0.1) is 13.8 Å². The summed E-state index contributed by atoms with van der Waals surface area (Å²) >= 11 is 4.83. The Morgan fingerprint density at radius 2 is 2.19 bits per heavy atom. The van der Waals surface area contributed by atoms with Gasteiger partial charge in [-0.05, 0) is 13.8 Å². The molecule has 0 aliphatic heterocycles. The molecule has 16 heavy (non-hydrogen) atoms. The minimum absolute atomic E-state index is 0.0919. The third-order valence-electron chi connectivity index (χ3n) is 1.90. The van der Waals surface area contributed by atoms with Gasteiger partial charge in [-0.15, -0.1) is 0 Å². The van der Waals surface area contributed by atoms with E-state index in [0.29, 0.717) is 17.0 Å². The first-order chi connectivity index (χ1) is 7.41. The van der Waals surface area contributed by atoms with E-state index in [1.807, 2.05) is 0 Å². The van der Waals surface area contributed by atoms with E-state index >= 15 is 0 Å². The topological polar surface area (TPSA) is 48.1 Å². The minimum Gasteiger partial charge on any atom is -0.487 e. The van der Waals surface area contributed by atoms with Crippen molar-refractivity contribution in [2.45, 2.75) is 20.3 Å². The SMILES string of the molecule is Cc1cc(OCC(F)F)c(C(N)=S)c(C)n1. The molecular formula is C10H12F2N2OS. The van der Waals surface area contributed by atoms with Crippen LogP contribution in [0.1, 0.15) is 17.0 Å². The van der Waals surface area contributed by atoms with E-state index in [2.05, 4.69) is 4.98 Å². The maximum absolute atomic E-state index is 12.0. The molecule has 88 valence electrons. The Hall–Kier alpha value is -1.30. The van der Waals surface area contributed by atoms with Gasteiger partial charge in [0.2, 0.25) is 0 Å². The first-order valence-electron chi connectivity index (χ1n) is 4.60. The number of halogens is 2. The summed E-state index contributed by atoms with van der Waals surface area (Å²) in [6.45, 7) is 2.76. The molecule has 0 aromatic carbocycles. The van der Waals surface area contributed by atoms with Crippen LogP contribution >= 0.6 is 12.2 Å². The summed E-state index contributed by atoms with van der Waals surface area (Å²) in [5.41, 5.74) is 7.16. The van der Waals surface area contributed by atoms with Crippen molar-refractivity contribution in [2.75, 3.05) is 6.61 Å². The normalized spacial score (nSPS) is 10.6. The molecule has 0 aliphatic rings. The Balaban J connectivity index is 3.09. The lowest BCUT2D eigenvalue weighted by Gasteiger charge is -2.13. The molecule has 0 spiro atoms. The predicted octanol–water partition coefficient (Wildman–Crippen LogP) is 1.98. The Bertz CT molecular complexity index is 410. The number of nitrogens with zero attached hydrogens (tertiary/aromatic N) is 1. The Labute approximate surface area is 97.6 Å². The van der Waals surface area contributed by atoms with Gasteiger partial charge in [-0.2, -0.15) is 0 Å². The zero-order valence-electron chi connectivity index (χ0n) is 8.96. The third kappa shape index (κ3) is 3.10. The van der Waals surface area contributed by atoms with Gasteiger partial charge in [-0.3, -0.25) is 4.98 Å². The van der Waals surface area contributed by atoms with E-state index in [0.717, 1.165) is 0 Å². The molecule has 0 radical (unpaired) electrons. The second kappa shape index (κ2) is 5.16. The molecule has 1 aromatic heterocycles. The van der Waals surface area contributed by atoms with Gasteiger partial charge in [0, 0.05) is 11.8 Å². The highest BCUT2D eigenvalue weighted by Crippen LogP contribution is 2.22. The summed E-state index contributed by atoms with van der Waals surface area (Å²) in [6.07, 6.45) is -2.53. The molecule has 0 saturated heterocycles. The highest BCUT2D eigenvalue weighted by atomic mass is 32.1. The van der Waals surface area contributed by atoms with Gasteiger partial charge in [0.1, 0.15) is 17.3 Å². The number of aryl methyl sites for hydroxylation is 2. The summed E-state index contributed by atoms with van der Waals surface area (Å²) in [4.78, 5) is 4.24. The second-order valence-electron chi connectivity index (χ2n) is 3.29. The largest absolute Gasteiger partial charge is 0.487 e. The van der Waals surface area contributed by atoms with Crippen molar-refractivity contribution < 1.29 is 13.5 Å².